The van der Waals surface area contributed by atoms with Crippen molar-refractivity contribution in [2.75, 3.05) is 13.7 Å². The molecule has 0 fully saturated rings. The van der Waals surface area contributed by atoms with Crippen molar-refractivity contribution in [1.82, 2.24) is 5.32 Å². The summed E-state index contributed by atoms with van der Waals surface area (Å²) < 4.78 is 16.8. The Kier molecular flexibility index (Phi) is 8.93. The Morgan fingerprint density at radius 2 is 1.76 bits per heavy atom. The lowest BCUT2D eigenvalue weighted by Crippen LogP contribution is -2.35. The SMILES string of the molecule is COc1cc(CNC(=O)C(C)Oc2ccc(Cl)cc2Cl)ccc1OCCC(C)C. The van der Waals surface area contributed by atoms with Crippen LogP contribution in [-0.2, 0) is 11.3 Å². The van der Waals surface area contributed by atoms with Gasteiger partial charge in [0.15, 0.2) is 17.6 Å². The highest BCUT2D eigenvalue weighted by atomic mass is 35.5. The lowest BCUT2D eigenvalue weighted by atomic mass is 10.1. The quantitative estimate of drug-likeness (QED) is 0.529. The number of carbonyl (C=O) groups excluding carboxylic acids is 1. The van der Waals surface area contributed by atoms with Gasteiger partial charge in [0.05, 0.1) is 18.7 Å². The summed E-state index contributed by atoms with van der Waals surface area (Å²) in [4.78, 5) is 12.4. The third-order valence-electron chi connectivity index (χ3n) is 4.21. The minimum atomic E-state index is -0.714. The van der Waals surface area contributed by atoms with E-state index in [0.717, 1.165) is 12.0 Å². The van der Waals surface area contributed by atoms with Crippen molar-refractivity contribution in [2.24, 2.45) is 5.92 Å². The van der Waals surface area contributed by atoms with Crippen LogP contribution in [-0.4, -0.2) is 25.7 Å². The molecule has 0 saturated carbocycles. The number of rotatable bonds is 10. The molecule has 1 unspecified atom stereocenters. The lowest BCUT2D eigenvalue weighted by Gasteiger charge is -2.16. The fourth-order valence-electron chi connectivity index (χ4n) is 2.49. The van der Waals surface area contributed by atoms with Crippen LogP contribution in [0.3, 0.4) is 0 Å². The molecule has 158 valence electrons. The van der Waals surface area contributed by atoms with E-state index in [2.05, 4.69) is 19.2 Å². The van der Waals surface area contributed by atoms with Crippen molar-refractivity contribution in [3.05, 3.63) is 52.0 Å². The minimum Gasteiger partial charge on any atom is -0.493 e. The number of benzene rings is 2. The first-order chi connectivity index (χ1) is 13.8. The van der Waals surface area contributed by atoms with Crippen molar-refractivity contribution in [3.63, 3.8) is 0 Å². The van der Waals surface area contributed by atoms with Gasteiger partial charge in [0.25, 0.3) is 5.91 Å². The van der Waals surface area contributed by atoms with E-state index in [1.807, 2.05) is 18.2 Å². The molecule has 0 saturated heterocycles. The molecule has 5 nitrogen and oxygen atoms in total. The molecule has 2 rings (SSSR count). The van der Waals surface area contributed by atoms with Crippen molar-refractivity contribution < 1.29 is 19.0 Å². The van der Waals surface area contributed by atoms with Gasteiger partial charge in [-0.05, 0) is 55.2 Å². The van der Waals surface area contributed by atoms with E-state index in [9.17, 15) is 4.79 Å². The highest BCUT2D eigenvalue weighted by Crippen LogP contribution is 2.29. The summed E-state index contributed by atoms with van der Waals surface area (Å²) in [6.45, 7) is 6.93. The molecule has 0 heterocycles. The van der Waals surface area contributed by atoms with Gasteiger partial charge in [0.2, 0.25) is 0 Å². The molecular formula is C22H27Cl2NO4. The maximum atomic E-state index is 12.4. The van der Waals surface area contributed by atoms with Crippen LogP contribution in [0.15, 0.2) is 36.4 Å². The Morgan fingerprint density at radius 1 is 1.03 bits per heavy atom. The van der Waals surface area contributed by atoms with Crippen molar-refractivity contribution in [1.29, 1.82) is 0 Å². The Morgan fingerprint density at radius 3 is 2.41 bits per heavy atom. The predicted octanol–water partition coefficient (Wildman–Crippen LogP) is 5.51. The minimum absolute atomic E-state index is 0.257. The molecule has 1 amide bonds. The number of carbonyl (C=O) groups is 1. The van der Waals surface area contributed by atoms with Crippen LogP contribution in [0.2, 0.25) is 10.0 Å². The Bertz CT molecular complexity index is 826. The molecular weight excluding hydrogens is 413 g/mol. The molecule has 1 atom stereocenters. The third-order valence-corrected chi connectivity index (χ3v) is 4.74. The van der Waals surface area contributed by atoms with Crippen LogP contribution in [0.25, 0.3) is 0 Å². The number of halogens is 2. The van der Waals surface area contributed by atoms with E-state index in [1.54, 1.807) is 32.2 Å². The zero-order valence-electron chi connectivity index (χ0n) is 17.1. The molecule has 0 aliphatic carbocycles. The van der Waals surface area contributed by atoms with Gasteiger partial charge in [-0.3, -0.25) is 4.79 Å². The largest absolute Gasteiger partial charge is 0.493 e. The molecule has 29 heavy (non-hydrogen) atoms. The van der Waals surface area contributed by atoms with Gasteiger partial charge in [0.1, 0.15) is 5.75 Å². The van der Waals surface area contributed by atoms with Crippen molar-refractivity contribution >= 4 is 29.1 Å². The highest BCUT2D eigenvalue weighted by molar-refractivity contribution is 6.35. The van der Waals surface area contributed by atoms with E-state index in [1.165, 1.54) is 0 Å². The zero-order chi connectivity index (χ0) is 21.4. The van der Waals surface area contributed by atoms with Gasteiger partial charge < -0.3 is 19.5 Å². The standard InChI is InChI=1S/C22H27Cl2NO4/c1-14(2)9-10-28-20-7-5-16(11-21(20)27-4)13-25-22(26)15(3)29-19-8-6-17(23)12-18(19)24/h5-8,11-12,14-15H,9-10,13H2,1-4H3,(H,25,26). The van der Waals surface area contributed by atoms with Gasteiger partial charge in [-0.25, -0.2) is 0 Å². The monoisotopic (exact) mass is 439 g/mol. The van der Waals surface area contributed by atoms with Gasteiger partial charge in [-0.15, -0.1) is 0 Å². The average molecular weight is 440 g/mol. The molecule has 0 bridgehead atoms. The fraction of sp³-hybridized carbons (Fsp3) is 0.409. The van der Waals surface area contributed by atoms with Gasteiger partial charge in [-0.2, -0.15) is 0 Å². The molecule has 2 aromatic carbocycles. The summed E-state index contributed by atoms with van der Waals surface area (Å²) in [5.74, 6) is 2.05. The molecule has 0 aliphatic rings. The third kappa shape index (κ3) is 7.33. The van der Waals surface area contributed by atoms with Gasteiger partial charge >= 0.3 is 0 Å². The topological polar surface area (TPSA) is 56.8 Å². The smallest absolute Gasteiger partial charge is 0.261 e. The van der Waals surface area contributed by atoms with Crippen molar-refractivity contribution in [2.45, 2.75) is 39.8 Å². The first-order valence-corrected chi connectivity index (χ1v) is 10.2. The van der Waals surface area contributed by atoms with Crippen LogP contribution < -0.4 is 19.5 Å². The molecule has 0 spiro atoms. The Labute approximate surface area is 182 Å². The number of ether oxygens (including phenoxy) is 3. The normalized spacial score (nSPS) is 11.8. The van der Waals surface area contributed by atoms with Gasteiger partial charge in [-0.1, -0.05) is 43.1 Å². The summed E-state index contributed by atoms with van der Waals surface area (Å²) in [6.07, 6.45) is 0.255. The maximum absolute atomic E-state index is 12.4. The van der Waals surface area contributed by atoms with E-state index < -0.39 is 6.10 Å². The fourth-order valence-corrected chi connectivity index (χ4v) is 2.95. The molecule has 0 radical (unpaired) electrons. The van der Waals surface area contributed by atoms with Crippen LogP contribution in [0, 0.1) is 5.92 Å². The van der Waals surface area contributed by atoms with E-state index >= 15 is 0 Å². The molecule has 1 N–H and O–H groups in total. The van der Waals surface area contributed by atoms with Crippen molar-refractivity contribution in [3.8, 4) is 17.2 Å². The highest BCUT2D eigenvalue weighted by Gasteiger charge is 2.16. The number of methoxy groups -OCH3 is 1. The number of amides is 1. The second kappa shape index (κ2) is 11.2. The van der Waals surface area contributed by atoms with Crippen LogP contribution in [0.1, 0.15) is 32.8 Å². The van der Waals surface area contributed by atoms with E-state index in [4.69, 9.17) is 37.4 Å². The molecule has 2 aromatic rings. The van der Waals surface area contributed by atoms with Crippen LogP contribution in [0.4, 0.5) is 0 Å². The maximum Gasteiger partial charge on any atom is 0.261 e. The zero-order valence-corrected chi connectivity index (χ0v) is 18.6. The number of nitrogens with one attached hydrogen (secondary N) is 1. The van der Waals surface area contributed by atoms with Crippen LogP contribution >= 0.6 is 23.2 Å². The number of hydrogen-bond acceptors (Lipinski definition) is 4. The summed E-state index contributed by atoms with van der Waals surface area (Å²) in [7, 11) is 1.60. The molecule has 7 heteroatoms. The van der Waals surface area contributed by atoms with E-state index in [0.29, 0.717) is 46.4 Å². The Balaban J connectivity index is 1.91. The van der Waals surface area contributed by atoms with E-state index in [-0.39, 0.29) is 5.91 Å². The summed E-state index contributed by atoms with van der Waals surface area (Å²) in [5.41, 5.74) is 0.892. The summed E-state index contributed by atoms with van der Waals surface area (Å²) in [6, 6.07) is 10.5. The first-order valence-electron chi connectivity index (χ1n) is 9.49. The second-order valence-corrected chi connectivity index (χ2v) is 7.91. The van der Waals surface area contributed by atoms with Gasteiger partial charge in [0, 0.05) is 11.6 Å². The Hall–Kier alpha value is -2.11. The molecule has 0 aromatic heterocycles. The first kappa shape index (κ1) is 23.2. The summed E-state index contributed by atoms with van der Waals surface area (Å²) in [5, 5.41) is 3.71. The predicted molar refractivity (Wildman–Crippen MR) is 116 cm³/mol. The second-order valence-electron chi connectivity index (χ2n) is 7.07. The summed E-state index contributed by atoms with van der Waals surface area (Å²) >= 11 is 12.0. The molecule has 0 aliphatic heterocycles. The van der Waals surface area contributed by atoms with Crippen LogP contribution in [0.5, 0.6) is 17.2 Å². The average Bonchev–Trinajstić information content (AvgIpc) is 2.68. The lowest BCUT2D eigenvalue weighted by molar-refractivity contribution is -0.127. The number of hydrogen-bond donors (Lipinski definition) is 1.